The van der Waals surface area contributed by atoms with E-state index in [0.717, 1.165) is 37.4 Å². The Hall–Kier alpha value is -0.234. The molecule has 0 aromatic heterocycles. The molecule has 0 aromatic rings. The zero-order chi connectivity index (χ0) is 68.3. The van der Waals surface area contributed by atoms with E-state index in [1.165, 1.54) is 0 Å². The Morgan fingerprint density at radius 1 is 0.402 bits per heavy atom. The van der Waals surface area contributed by atoms with Crippen molar-refractivity contribution in [3.63, 3.8) is 0 Å². The Labute approximate surface area is 543 Å². The average molecular weight is 1470 g/mol. The van der Waals surface area contributed by atoms with E-state index in [9.17, 15) is 24.3 Å². The van der Waals surface area contributed by atoms with E-state index in [-0.39, 0.29) is 17.7 Å². The smallest absolute Gasteiger partial charge is 0.439 e. The summed E-state index contributed by atoms with van der Waals surface area (Å²) in [7, 11) is -43.3. The molecule has 510 valence electrons. The van der Waals surface area contributed by atoms with Crippen molar-refractivity contribution in [2.75, 3.05) is 26.2 Å². The molecule has 0 aromatic carbocycles. The van der Waals surface area contributed by atoms with Gasteiger partial charge in [0.2, 0.25) is 17.7 Å². The normalized spacial score (nSPS) is 16.6. The number of rotatable bonds is 47. The van der Waals surface area contributed by atoms with E-state index in [0.29, 0.717) is 60.9 Å². The van der Waals surface area contributed by atoms with Crippen molar-refractivity contribution >= 4 is 139 Å². The van der Waals surface area contributed by atoms with Crippen LogP contribution in [0.25, 0.3) is 0 Å². The van der Waals surface area contributed by atoms with Crippen molar-refractivity contribution < 1.29 is 77.8 Å². The molecule has 6 N–H and O–H groups in total. The van der Waals surface area contributed by atoms with Crippen molar-refractivity contribution in [1.82, 2.24) is 21.3 Å². The maximum absolute atomic E-state index is 12.2. The second kappa shape index (κ2) is 36.0. The fraction of sp³-hybridized carbons (Fsp3) is 0.784. The summed E-state index contributed by atoms with van der Waals surface area (Å²) in [5.41, 5.74) is 2.00. The van der Waals surface area contributed by atoms with Gasteiger partial charge in [-0.1, -0.05) is 26.3 Å². The lowest BCUT2D eigenvalue weighted by atomic mass is 10.3. The molecule has 0 saturated heterocycles. The molecule has 87 heavy (non-hydrogen) atoms. The lowest BCUT2D eigenvalue weighted by Gasteiger charge is -2.48. The molecule has 0 aliphatic heterocycles. The number of aliphatic hydroxyl groups excluding tert-OH is 1. The first-order valence-corrected chi connectivity index (χ1v) is 68.1. The Bertz CT molecular complexity index is 2270. The zero-order valence-corrected chi connectivity index (χ0v) is 73.3. The maximum atomic E-state index is 12.2. The number of hydrogen-bond acceptors (Lipinski definition) is 19. The highest BCUT2D eigenvalue weighted by atomic mass is 28.6. The summed E-state index contributed by atoms with van der Waals surface area (Å²) in [5, 5.41) is 22.1. The van der Waals surface area contributed by atoms with Gasteiger partial charge >= 0.3 is 86.3 Å². The highest BCUT2D eigenvalue weighted by Gasteiger charge is 2.60. The quantitative estimate of drug-likeness (QED) is 0.0109. The number of nitrogens with one attached hydrogen (secondary N) is 4. The molecule has 0 aliphatic carbocycles. The van der Waals surface area contributed by atoms with Crippen molar-refractivity contribution in [2.45, 2.75) is 234 Å². The molecular formula is C51H122N4O18Si14. The van der Waals surface area contributed by atoms with Crippen molar-refractivity contribution in [3.8, 4) is 0 Å². The van der Waals surface area contributed by atoms with Gasteiger partial charge in [-0.25, -0.2) is 0 Å². The van der Waals surface area contributed by atoms with Gasteiger partial charge in [0.1, 0.15) is 6.23 Å². The molecule has 0 saturated carbocycles. The summed E-state index contributed by atoms with van der Waals surface area (Å²) in [4.78, 5) is 48.7. The van der Waals surface area contributed by atoms with Gasteiger partial charge in [-0.2, -0.15) is 0 Å². The molecule has 36 heteroatoms. The van der Waals surface area contributed by atoms with Crippen LogP contribution in [-0.2, 0) is 67.9 Å². The van der Waals surface area contributed by atoms with Gasteiger partial charge in [-0.3, -0.25) is 19.7 Å². The minimum absolute atomic E-state index is 0.172. The lowest BCUT2D eigenvalue weighted by Crippen LogP contribution is -2.69. The number of carbonyl (C=O) groups excluding carboxylic acids is 3. The van der Waals surface area contributed by atoms with Crippen LogP contribution >= 0.6 is 0 Å². The molecule has 0 aliphatic rings. The number of hydrogen-bond donors (Lipinski definition) is 6. The van der Waals surface area contributed by atoms with Crippen molar-refractivity contribution in [3.05, 3.63) is 48.6 Å². The van der Waals surface area contributed by atoms with E-state index >= 15 is 0 Å². The van der Waals surface area contributed by atoms with E-state index in [1.54, 1.807) is 40.8 Å². The van der Waals surface area contributed by atoms with Gasteiger partial charge in [-0.05, 0) is 221 Å². The highest BCUT2D eigenvalue weighted by molar-refractivity contribution is 6.95. The Balaban J connectivity index is 7.69. The maximum Gasteiger partial charge on any atom is 0.475 e. The third-order valence-electron chi connectivity index (χ3n) is 12.3. The first-order chi connectivity index (χ1) is 38.9. The van der Waals surface area contributed by atoms with Gasteiger partial charge in [-0.15, -0.1) is 0 Å². The number of amides is 3. The molecule has 0 spiro atoms. The van der Waals surface area contributed by atoms with Crippen LogP contribution < -0.4 is 21.3 Å². The van der Waals surface area contributed by atoms with Crippen LogP contribution in [0.5, 0.6) is 0 Å². The summed E-state index contributed by atoms with van der Waals surface area (Å²) in [5.74, 6) is -0.553. The number of aliphatic hydroxyl groups is 1. The standard InChI is InChI=1S/C51H122N4O18Si14/c1-44(2)48(56)52-36-32-40-74(9)61-78(15,16)65-81(21,22)69-86(30,70-82(23,24)66-79(17,18)63-76(11,12)42-34-38-54-50(58)46(5)6)73-87(31,72-84(27,28)68-85(29,60)62-75(10)41-33-37-53-49(57)45(3)4)71-83(25,26)67-80(19,20)64-77(13,14)43-35-39-55-51(59)47(7)8/h48,52,56,60,74-75H,1,3,5,7,32-43H2,2,4,6,8-31H3,(H,53,57)(H,54,58)(H,55,59). The van der Waals surface area contributed by atoms with Crippen LogP contribution in [0.4, 0.5) is 0 Å². The SMILES string of the molecule is C=C(C)C(=O)NCCC[SiH](C)O[Si](C)(O)O[Si](C)(C)O[Si](C)(O[Si](C)(C)O[Si](C)(C)O[Si](C)(C)CCCNC(=O)C(=C)C)O[Si](C)(O[Si](C)(C)O[Si](C)(C)O[SiH](C)CCCNC(O)C(=C)C)O[Si](C)(C)O[Si](C)(C)O[Si](C)(C)CCCNC(=O)C(=C)C. The van der Waals surface area contributed by atoms with Gasteiger partial charge < -0.3 is 79.3 Å². The second-order valence-electron chi connectivity index (χ2n) is 27.7. The molecule has 0 rings (SSSR count). The summed E-state index contributed by atoms with van der Waals surface area (Å²) in [6.45, 7) is 69.3. The van der Waals surface area contributed by atoms with Crippen LogP contribution in [0.1, 0.15) is 53.4 Å². The van der Waals surface area contributed by atoms with E-state index in [1.807, 2.05) is 105 Å². The highest BCUT2D eigenvalue weighted by Crippen LogP contribution is 2.36. The van der Waals surface area contributed by atoms with Gasteiger partial charge in [0.15, 0.2) is 34.7 Å². The predicted octanol–water partition coefficient (Wildman–Crippen LogP) is 10.1. The minimum Gasteiger partial charge on any atom is -0.439 e. The Kier molecular flexibility index (Phi) is 35.9. The summed E-state index contributed by atoms with van der Waals surface area (Å²) in [6.07, 6.45) is 2.15. The van der Waals surface area contributed by atoms with Crippen molar-refractivity contribution in [1.29, 1.82) is 0 Å². The van der Waals surface area contributed by atoms with Gasteiger partial charge in [0, 0.05) is 56.0 Å². The summed E-state index contributed by atoms with van der Waals surface area (Å²) < 4.78 is 92.0. The molecule has 3 amide bonds. The minimum atomic E-state index is -4.22. The first kappa shape index (κ1) is 86.8. The summed E-state index contributed by atoms with van der Waals surface area (Å²) >= 11 is 0. The van der Waals surface area contributed by atoms with Crippen LogP contribution in [0.2, 0.25) is 175 Å². The topological polar surface area (TPSA) is 260 Å². The van der Waals surface area contributed by atoms with Crippen LogP contribution in [-0.4, -0.2) is 181 Å². The van der Waals surface area contributed by atoms with E-state index < -0.39 is 127 Å². The molecule has 22 nitrogen and oxygen atoms in total. The third-order valence-corrected chi connectivity index (χ3v) is 65.5. The van der Waals surface area contributed by atoms with Crippen LogP contribution in [0.15, 0.2) is 48.6 Å². The van der Waals surface area contributed by atoms with Crippen LogP contribution in [0.3, 0.4) is 0 Å². The number of carbonyl (C=O) groups is 3. The van der Waals surface area contributed by atoms with Crippen molar-refractivity contribution in [2.24, 2.45) is 0 Å². The molecule has 0 bridgehead atoms. The predicted molar refractivity (Wildman–Crippen MR) is 385 cm³/mol. The molecule has 0 radical (unpaired) electrons. The fourth-order valence-corrected chi connectivity index (χ4v) is 75.8. The second-order valence-corrected chi connectivity index (χ2v) is 75.9. The summed E-state index contributed by atoms with van der Waals surface area (Å²) in [6, 6.07) is 3.06. The lowest BCUT2D eigenvalue weighted by molar-refractivity contribution is -0.118. The van der Waals surface area contributed by atoms with E-state index in [2.05, 4.69) is 80.3 Å². The van der Waals surface area contributed by atoms with Crippen LogP contribution in [0, 0.1) is 0 Å². The molecule has 0 fully saturated rings. The van der Waals surface area contributed by atoms with E-state index in [4.69, 9.17) is 53.5 Å². The van der Waals surface area contributed by atoms with Gasteiger partial charge in [0.05, 0.1) is 0 Å². The Morgan fingerprint density at radius 2 is 0.690 bits per heavy atom. The monoisotopic (exact) mass is 1470 g/mol. The first-order valence-electron chi connectivity index (χ1n) is 30.5. The Morgan fingerprint density at radius 3 is 1.02 bits per heavy atom. The molecular weight excluding hydrogens is 1350 g/mol. The third kappa shape index (κ3) is 40.6. The molecule has 6 atom stereocenters. The molecule has 6 unspecified atom stereocenters. The van der Waals surface area contributed by atoms with Gasteiger partial charge in [0.25, 0.3) is 0 Å². The largest absolute Gasteiger partial charge is 0.475 e. The zero-order valence-electron chi connectivity index (χ0n) is 59.0. The molecule has 0 heterocycles. The average Bonchev–Trinajstić information content (AvgIpc) is 0.863. The fourth-order valence-electron chi connectivity index (χ4n) is 10.3.